The third kappa shape index (κ3) is 3.38. The van der Waals surface area contributed by atoms with Gasteiger partial charge in [-0.1, -0.05) is 12.1 Å². The Morgan fingerprint density at radius 3 is 2.70 bits per heavy atom. The molecule has 2 aliphatic rings. The first-order valence-corrected chi connectivity index (χ1v) is 8.86. The van der Waals surface area contributed by atoms with Gasteiger partial charge in [-0.2, -0.15) is 4.31 Å². The Balaban J connectivity index is 0.00000192. The maximum atomic E-state index is 12.9. The molecule has 0 saturated carbocycles. The minimum Gasteiger partial charge on any atom is -0.465 e. The third-order valence-electron chi connectivity index (χ3n) is 4.58. The number of fused-ring (bicyclic) bond motifs is 1. The van der Waals surface area contributed by atoms with E-state index >= 15 is 0 Å². The summed E-state index contributed by atoms with van der Waals surface area (Å²) < 4.78 is 32.0. The molecule has 1 N–H and O–H groups in total. The zero-order valence-electron chi connectivity index (χ0n) is 12.9. The first-order chi connectivity index (χ1) is 10.5. The topological polar surface area (TPSA) is 75.7 Å². The van der Waals surface area contributed by atoms with Crippen LogP contribution in [-0.2, 0) is 14.8 Å². The number of halogens is 1. The molecule has 23 heavy (non-hydrogen) atoms. The van der Waals surface area contributed by atoms with Crippen LogP contribution in [0.15, 0.2) is 29.2 Å². The third-order valence-corrected chi connectivity index (χ3v) is 6.50. The Hall–Kier alpha value is -1.15. The van der Waals surface area contributed by atoms with Crippen LogP contribution in [0.25, 0.3) is 0 Å². The lowest BCUT2D eigenvalue weighted by Gasteiger charge is -2.33. The van der Waals surface area contributed by atoms with E-state index in [1.165, 1.54) is 23.5 Å². The van der Waals surface area contributed by atoms with Crippen molar-refractivity contribution in [2.45, 2.75) is 11.3 Å². The Labute approximate surface area is 142 Å². The first-order valence-electron chi connectivity index (χ1n) is 7.42. The summed E-state index contributed by atoms with van der Waals surface area (Å²) >= 11 is 0. The lowest BCUT2D eigenvalue weighted by atomic mass is 9.90. The van der Waals surface area contributed by atoms with Gasteiger partial charge >= 0.3 is 5.97 Å². The molecule has 1 aromatic rings. The molecular weight excluding hydrogens is 340 g/mol. The molecule has 0 spiro atoms. The van der Waals surface area contributed by atoms with Crippen LogP contribution >= 0.6 is 12.4 Å². The van der Waals surface area contributed by atoms with E-state index in [4.69, 9.17) is 4.74 Å². The zero-order chi connectivity index (χ0) is 15.7. The van der Waals surface area contributed by atoms with Crippen LogP contribution in [0, 0.1) is 11.8 Å². The lowest BCUT2D eigenvalue weighted by Crippen LogP contribution is -2.43. The molecule has 8 heteroatoms. The molecule has 6 nitrogen and oxygen atoms in total. The van der Waals surface area contributed by atoms with Crippen molar-refractivity contribution < 1.29 is 17.9 Å². The van der Waals surface area contributed by atoms with Crippen LogP contribution < -0.4 is 5.32 Å². The highest BCUT2D eigenvalue weighted by molar-refractivity contribution is 7.89. The summed E-state index contributed by atoms with van der Waals surface area (Å²) in [5, 5.41) is 3.32. The SMILES string of the molecule is COC(=O)c1ccccc1S(=O)(=O)N1CCC2CNCC2C1.Cl. The Morgan fingerprint density at radius 1 is 1.26 bits per heavy atom. The van der Waals surface area contributed by atoms with E-state index in [1.54, 1.807) is 12.1 Å². The predicted octanol–water partition coefficient (Wildman–Crippen LogP) is 1.12. The number of benzene rings is 1. The number of rotatable bonds is 3. The molecule has 2 atom stereocenters. The summed E-state index contributed by atoms with van der Waals surface area (Å²) in [6.07, 6.45) is 0.858. The van der Waals surface area contributed by atoms with Gasteiger partial charge in [-0.15, -0.1) is 12.4 Å². The summed E-state index contributed by atoms with van der Waals surface area (Å²) in [5.41, 5.74) is 0.0941. The fourth-order valence-corrected chi connectivity index (χ4v) is 5.02. The summed E-state index contributed by atoms with van der Waals surface area (Å²) in [6, 6.07) is 6.23. The molecule has 2 unspecified atom stereocenters. The highest BCUT2D eigenvalue weighted by Crippen LogP contribution is 2.31. The number of ether oxygens (including phenoxy) is 1. The molecule has 128 valence electrons. The van der Waals surface area contributed by atoms with E-state index in [9.17, 15) is 13.2 Å². The van der Waals surface area contributed by atoms with E-state index in [-0.39, 0.29) is 22.9 Å². The van der Waals surface area contributed by atoms with Crippen LogP contribution in [0.1, 0.15) is 16.8 Å². The highest BCUT2D eigenvalue weighted by Gasteiger charge is 2.38. The number of carbonyl (C=O) groups is 1. The van der Waals surface area contributed by atoms with E-state index in [2.05, 4.69) is 5.32 Å². The molecular formula is C15H21ClN2O4S. The molecule has 0 aliphatic carbocycles. The largest absolute Gasteiger partial charge is 0.465 e. The van der Waals surface area contributed by atoms with E-state index < -0.39 is 16.0 Å². The summed E-state index contributed by atoms with van der Waals surface area (Å²) in [6.45, 7) is 2.84. The van der Waals surface area contributed by atoms with Gasteiger partial charge in [0.1, 0.15) is 0 Å². The maximum Gasteiger partial charge on any atom is 0.339 e. The van der Waals surface area contributed by atoms with Gasteiger partial charge in [-0.3, -0.25) is 0 Å². The average Bonchev–Trinajstić information content (AvgIpc) is 3.01. The number of carbonyl (C=O) groups excluding carboxylic acids is 1. The second kappa shape index (κ2) is 7.17. The van der Waals surface area contributed by atoms with Crippen LogP contribution in [-0.4, -0.2) is 52.0 Å². The summed E-state index contributed by atoms with van der Waals surface area (Å²) in [7, 11) is -2.43. The van der Waals surface area contributed by atoms with Crippen molar-refractivity contribution in [2.24, 2.45) is 11.8 Å². The van der Waals surface area contributed by atoms with E-state index in [1.807, 2.05) is 0 Å². The highest BCUT2D eigenvalue weighted by atomic mass is 35.5. The lowest BCUT2D eigenvalue weighted by molar-refractivity contribution is 0.0596. The Bertz CT molecular complexity index is 680. The van der Waals surface area contributed by atoms with Crippen molar-refractivity contribution in [1.29, 1.82) is 0 Å². The number of nitrogens with one attached hydrogen (secondary N) is 1. The minimum absolute atomic E-state index is 0. The van der Waals surface area contributed by atoms with E-state index in [0.717, 1.165) is 19.5 Å². The first kappa shape index (κ1) is 18.2. The van der Waals surface area contributed by atoms with Crippen LogP contribution in [0.3, 0.4) is 0 Å². The van der Waals surface area contributed by atoms with Gasteiger partial charge in [-0.25, -0.2) is 13.2 Å². The van der Waals surface area contributed by atoms with Crippen molar-refractivity contribution in [1.82, 2.24) is 9.62 Å². The van der Waals surface area contributed by atoms with Crippen LogP contribution in [0.4, 0.5) is 0 Å². The van der Waals surface area contributed by atoms with Crippen molar-refractivity contribution in [3.63, 3.8) is 0 Å². The van der Waals surface area contributed by atoms with Gasteiger partial charge < -0.3 is 10.1 Å². The quantitative estimate of drug-likeness (QED) is 0.818. The van der Waals surface area contributed by atoms with Gasteiger partial charge in [0.05, 0.1) is 17.6 Å². The maximum absolute atomic E-state index is 12.9. The van der Waals surface area contributed by atoms with Crippen LogP contribution in [0.5, 0.6) is 0 Å². The smallest absolute Gasteiger partial charge is 0.339 e. The van der Waals surface area contributed by atoms with Crippen molar-refractivity contribution >= 4 is 28.4 Å². The second-order valence-corrected chi connectivity index (χ2v) is 7.72. The summed E-state index contributed by atoms with van der Waals surface area (Å²) in [5.74, 6) is 0.285. The Kier molecular flexibility index (Phi) is 5.67. The van der Waals surface area contributed by atoms with Crippen molar-refractivity contribution in [3.05, 3.63) is 29.8 Å². The fourth-order valence-electron chi connectivity index (χ4n) is 3.33. The molecule has 3 rings (SSSR count). The minimum atomic E-state index is -3.68. The molecule has 0 bridgehead atoms. The number of hydrogen-bond donors (Lipinski definition) is 1. The van der Waals surface area contributed by atoms with Crippen LogP contribution in [0.2, 0.25) is 0 Å². The second-order valence-electron chi connectivity index (χ2n) is 5.82. The van der Waals surface area contributed by atoms with E-state index in [0.29, 0.717) is 24.9 Å². The van der Waals surface area contributed by atoms with Gasteiger partial charge in [0.2, 0.25) is 10.0 Å². The average molecular weight is 361 g/mol. The van der Waals surface area contributed by atoms with Gasteiger partial charge in [0, 0.05) is 13.1 Å². The molecule has 0 aromatic heterocycles. The number of nitrogens with zero attached hydrogens (tertiary/aromatic N) is 1. The van der Waals surface area contributed by atoms with Gasteiger partial charge in [0.25, 0.3) is 0 Å². The Morgan fingerprint density at radius 2 is 1.96 bits per heavy atom. The number of hydrogen-bond acceptors (Lipinski definition) is 5. The molecule has 2 fully saturated rings. The van der Waals surface area contributed by atoms with Gasteiger partial charge in [-0.05, 0) is 43.5 Å². The molecule has 2 heterocycles. The monoisotopic (exact) mass is 360 g/mol. The van der Waals surface area contributed by atoms with Crippen molar-refractivity contribution in [3.8, 4) is 0 Å². The molecule has 0 radical (unpaired) electrons. The molecule has 0 amide bonds. The van der Waals surface area contributed by atoms with Gasteiger partial charge in [0.15, 0.2) is 0 Å². The molecule has 1 aromatic carbocycles. The number of methoxy groups -OCH3 is 1. The fraction of sp³-hybridized carbons (Fsp3) is 0.533. The zero-order valence-corrected chi connectivity index (χ0v) is 14.5. The summed E-state index contributed by atoms with van der Waals surface area (Å²) in [4.78, 5) is 11.9. The number of piperidine rings is 1. The predicted molar refractivity (Wildman–Crippen MR) is 88.3 cm³/mol. The standard InChI is InChI=1S/C15H20N2O4S.ClH/c1-21-15(18)13-4-2-3-5-14(13)22(19,20)17-7-6-11-8-16-9-12(11)10-17;/h2-5,11-12,16H,6-10H2,1H3;1H. The van der Waals surface area contributed by atoms with Crippen molar-refractivity contribution in [2.75, 3.05) is 33.3 Å². The number of esters is 1. The normalized spacial score (nSPS) is 24.6. The number of sulfonamides is 1. The molecule has 2 aliphatic heterocycles. The molecule has 2 saturated heterocycles.